The van der Waals surface area contributed by atoms with Crippen LogP contribution in [0, 0.1) is 0 Å². The molecule has 0 spiro atoms. The van der Waals surface area contributed by atoms with E-state index in [9.17, 15) is 4.79 Å². The van der Waals surface area contributed by atoms with Crippen LogP contribution in [0.1, 0.15) is 36.0 Å². The van der Waals surface area contributed by atoms with Gasteiger partial charge in [0.15, 0.2) is 0 Å². The number of nitrogens with one attached hydrogen (secondary N) is 1. The number of amides is 1. The molecule has 0 radical (unpaired) electrons. The van der Waals surface area contributed by atoms with Crippen LogP contribution in [0.3, 0.4) is 0 Å². The smallest absolute Gasteiger partial charge is 0.255 e. The van der Waals surface area contributed by atoms with Crippen LogP contribution in [0.4, 0.5) is 0 Å². The zero-order valence-electron chi connectivity index (χ0n) is 12.6. The van der Waals surface area contributed by atoms with Gasteiger partial charge in [-0.15, -0.1) is 23.7 Å². The van der Waals surface area contributed by atoms with Crippen LogP contribution in [-0.4, -0.2) is 36.0 Å². The number of nitrogens with zero attached hydrogens (tertiary/aromatic N) is 1. The van der Waals surface area contributed by atoms with Gasteiger partial charge in [0.1, 0.15) is 0 Å². The van der Waals surface area contributed by atoms with Crippen LogP contribution in [0.5, 0.6) is 0 Å². The van der Waals surface area contributed by atoms with E-state index in [1.165, 1.54) is 17.5 Å². The molecule has 2 aromatic rings. The molecule has 0 aliphatic carbocycles. The fourth-order valence-corrected chi connectivity index (χ4v) is 4.78. The normalized spacial score (nSPS) is 26.7. The molecule has 3 heterocycles. The molecule has 2 aliphatic rings. The van der Waals surface area contributed by atoms with E-state index >= 15 is 0 Å². The van der Waals surface area contributed by atoms with E-state index in [4.69, 9.17) is 0 Å². The third-order valence-corrected chi connectivity index (χ3v) is 5.99. The molecule has 2 saturated heterocycles. The highest BCUT2D eigenvalue weighted by Gasteiger charge is 2.36. The lowest BCUT2D eigenvalue weighted by Gasteiger charge is -2.35. The topological polar surface area (TPSA) is 32.3 Å². The number of carbonyl (C=O) groups excluding carboxylic acids is 1. The number of piperidine rings is 1. The molecule has 1 aromatic heterocycles. The quantitative estimate of drug-likeness (QED) is 0.907. The molecule has 2 atom stereocenters. The van der Waals surface area contributed by atoms with Gasteiger partial charge in [0.25, 0.3) is 5.91 Å². The summed E-state index contributed by atoms with van der Waals surface area (Å²) in [5.41, 5.74) is 0.865. The SMILES string of the molecule is CN(C(=O)c1csc2ccccc12)C1CC2CCC(C1)N2.Cl. The van der Waals surface area contributed by atoms with E-state index in [1.807, 2.05) is 29.5 Å². The lowest BCUT2D eigenvalue weighted by molar-refractivity contribution is 0.0684. The molecule has 4 rings (SSSR count). The first kappa shape index (κ1) is 15.8. The molecule has 1 aromatic carbocycles. The van der Waals surface area contributed by atoms with Crippen LogP contribution in [-0.2, 0) is 0 Å². The number of hydrogen-bond acceptors (Lipinski definition) is 3. The zero-order valence-corrected chi connectivity index (χ0v) is 14.3. The van der Waals surface area contributed by atoms with E-state index in [2.05, 4.69) is 17.4 Å². The third kappa shape index (κ3) is 2.64. The average Bonchev–Trinajstić information content (AvgIpc) is 3.09. The van der Waals surface area contributed by atoms with Crippen molar-refractivity contribution < 1.29 is 4.79 Å². The Bertz CT molecular complexity index is 674. The minimum Gasteiger partial charge on any atom is -0.339 e. The molecule has 0 saturated carbocycles. The number of halogens is 1. The van der Waals surface area contributed by atoms with Crippen molar-refractivity contribution in [1.29, 1.82) is 0 Å². The number of fused-ring (bicyclic) bond motifs is 3. The summed E-state index contributed by atoms with van der Waals surface area (Å²) in [7, 11) is 1.98. The summed E-state index contributed by atoms with van der Waals surface area (Å²) >= 11 is 1.66. The number of rotatable bonds is 2. The summed E-state index contributed by atoms with van der Waals surface area (Å²) in [6, 6.07) is 9.79. The lowest BCUT2D eigenvalue weighted by Crippen LogP contribution is -2.48. The number of benzene rings is 1. The molecule has 1 N–H and O–H groups in total. The highest BCUT2D eigenvalue weighted by atomic mass is 35.5. The van der Waals surface area contributed by atoms with Crippen molar-refractivity contribution in [1.82, 2.24) is 10.2 Å². The second-order valence-electron chi connectivity index (χ2n) is 6.32. The summed E-state index contributed by atoms with van der Waals surface area (Å²) < 4.78 is 1.19. The van der Waals surface area contributed by atoms with Crippen molar-refractivity contribution in [2.24, 2.45) is 0 Å². The molecular weight excluding hydrogens is 316 g/mol. The molecule has 2 bridgehead atoms. The molecule has 22 heavy (non-hydrogen) atoms. The lowest BCUT2D eigenvalue weighted by atomic mass is 9.98. The monoisotopic (exact) mass is 336 g/mol. The summed E-state index contributed by atoms with van der Waals surface area (Å²) in [6.45, 7) is 0. The molecule has 2 fully saturated rings. The average molecular weight is 337 g/mol. The second-order valence-corrected chi connectivity index (χ2v) is 7.24. The molecule has 2 unspecified atom stereocenters. The fraction of sp³-hybridized carbons (Fsp3) is 0.471. The summed E-state index contributed by atoms with van der Waals surface area (Å²) in [5, 5.41) is 6.75. The van der Waals surface area contributed by atoms with Crippen LogP contribution in [0.25, 0.3) is 10.1 Å². The Morgan fingerprint density at radius 2 is 1.91 bits per heavy atom. The standard InChI is InChI=1S/C17H20N2OS.ClH/c1-19(13-8-11-6-7-12(9-13)18-11)17(20)15-10-21-16-5-3-2-4-14(15)16;/h2-5,10-13,18H,6-9H2,1H3;1H. The van der Waals surface area contributed by atoms with E-state index in [0.717, 1.165) is 23.8 Å². The maximum absolute atomic E-state index is 12.9. The van der Waals surface area contributed by atoms with Gasteiger partial charge in [0.2, 0.25) is 0 Å². The van der Waals surface area contributed by atoms with Crippen LogP contribution in [0.2, 0.25) is 0 Å². The van der Waals surface area contributed by atoms with E-state index in [-0.39, 0.29) is 18.3 Å². The minimum atomic E-state index is 0. The Balaban J connectivity index is 0.00000144. The van der Waals surface area contributed by atoms with Crippen molar-refractivity contribution in [3.63, 3.8) is 0 Å². The molecular formula is C17H21ClN2OS. The van der Waals surface area contributed by atoms with Crippen molar-refractivity contribution in [3.05, 3.63) is 35.2 Å². The third-order valence-electron chi connectivity index (χ3n) is 5.03. The van der Waals surface area contributed by atoms with Crippen molar-refractivity contribution in [2.45, 2.75) is 43.8 Å². The van der Waals surface area contributed by atoms with Gasteiger partial charge in [-0.3, -0.25) is 4.79 Å². The summed E-state index contributed by atoms with van der Waals surface area (Å²) in [5.74, 6) is 0.179. The Hall–Kier alpha value is -1.10. The Morgan fingerprint density at radius 1 is 1.23 bits per heavy atom. The van der Waals surface area contributed by atoms with Gasteiger partial charge in [-0.2, -0.15) is 0 Å². The fourth-order valence-electron chi connectivity index (χ4n) is 3.84. The highest BCUT2D eigenvalue weighted by molar-refractivity contribution is 7.17. The molecule has 1 amide bonds. The first-order chi connectivity index (χ1) is 10.2. The van der Waals surface area contributed by atoms with Gasteiger partial charge in [0, 0.05) is 40.6 Å². The second kappa shape index (κ2) is 6.19. The van der Waals surface area contributed by atoms with Crippen molar-refractivity contribution in [3.8, 4) is 0 Å². The molecule has 2 aliphatic heterocycles. The maximum atomic E-state index is 12.9. The van der Waals surface area contributed by atoms with Crippen LogP contribution >= 0.6 is 23.7 Å². The molecule has 3 nitrogen and oxygen atoms in total. The van der Waals surface area contributed by atoms with Gasteiger partial charge in [-0.05, 0) is 31.7 Å². The van der Waals surface area contributed by atoms with E-state index in [0.29, 0.717) is 18.1 Å². The Kier molecular flexibility index (Phi) is 4.44. The zero-order chi connectivity index (χ0) is 14.4. The maximum Gasteiger partial charge on any atom is 0.255 e. The van der Waals surface area contributed by atoms with Crippen LogP contribution in [0.15, 0.2) is 29.6 Å². The van der Waals surface area contributed by atoms with Crippen LogP contribution < -0.4 is 5.32 Å². The molecule has 5 heteroatoms. The van der Waals surface area contributed by atoms with Gasteiger partial charge in [-0.1, -0.05) is 18.2 Å². The largest absolute Gasteiger partial charge is 0.339 e. The highest BCUT2D eigenvalue weighted by Crippen LogP contribution is 2.31. The predicted molar refractivity (Wildman–Crippen MR) is 94.1 cm³/mol. The first-order valence-electron chi connectivity index (χ1n) is 7.72. The van der Waals surface area contributed by atoms with Gasteiger partial charge in [0.05, 0.1) is 5.56 Å². The van der Waals surface area contributed by atoms with Gasteiger partial charge in [-0.25, -0.2) is 0 Å². The van der Waals surface area contributed by atoms with Crippen molar-refractivity contribution in [2.75, 3.05) is 7.05 Å². The summed E-state index contributed by atoms with van der Waals surface area (Å²) in [6.07, 6.45) is 4.73. The number of thiophene rings is 1. The van der Waals surface area contributed by atoms with Gasteiger partial charge >= 0.3 is 0 Å². The van der Waals surface area contributed by atoms with E-state index in [1.54, 1.807) is 11.3 Å². The van der Waals surface area contributed by atoms with Gasteiger partial charge < -0.3 is 10.2 Å². The number of hydrogen-bond donors (Lipinski definition) is 1. The first-order valence-corrected chi connectivity index (χ1v) is 8.60. The molecule has 118 valence electrons. The minimum absolute atomic E-state index is 0. The Morgan fingerprint density at radius 3 is 2.64 bits per heavy atom. The van der Waals surface area contributed by atoms with E-state index < -0.39 is 0 Å². The van der Waals surface area contributed by atoms with Crippen molar-refractivity contribution >= 4 is 39.7 Å². The number of carbonyl (C=O) groups is 1. The summed E-state index contributed by atoms with van der Waals surface area (Å²) in [4.78, 5) is 14.9. The Labute approximate surface area is 141 Å². The predicted octanol–water partition coefficient (Wildman–Crippen LogP) is 3.68.